The Kier molecular flexibility index (Phi) is 4.36. The van der Waals surface area contributed by atoms with Crippen molar-refractivity contribution in [3.05, 3.63) is 0 Å². The number of nitrogens with zero attached hydrogens (tertiary/aromatic N) is 1. The molecule has 3 heteroatoms. The molecule has 1 aliphatic heterocycles. The number of carbonyl (C=O) groups excluding carboxylic acids is 1. The van der Waals surface area contributed by atoms with Crippen molar-refractivity contribution in [1.82, 2.24) is 4.90 Å². The molecular formula is C16H29NO2. The second-order valence-corrected chi connectivity index (χ2v) is 7.10. The lowest BCUT2D eigenvalue weighted by molar-refractivity contribution is -0.150. The van der Waals surface area contributed by atoms with Crippen LogP contribution in [0.5, 0.6) is 0 Å². The quantitative estimate of drug-likeness (QED) is 0.787. The van der Waals surface area contributed by atoms with Crippen LogP contribution in [-0.2, 0) is 9.53 Å². The Bertz CT molecular complexity index is 324. The summed E-state index contributed by atoms with van der Waals surface area (Å²) in [5.74, 6) is 0.579. The van der Waals surface area contributed by atoms with Gasteiger partial charge in [-0.2, -0.15) is 0 Å². The molecule has 1 saturated carbocycles. The summed E-state index contributed by atoms with van der Waals surface area (Å²) in [6, 6.07) is 0. The van der Waals surface area contributed by atoms with Crippen molar-refractivity contribution in [3.63, 3.8) is 0 Å². The SMILES string of the molecule is CN(C)C(C)(C)C(=O)C1CCOC2(CCCCC2)C1. The van der Waals surface area contributed by atoms with Crippen LogP contribution in [0.25, 0.3) is 0 Å². The van der Waals surface area contributed by atoms with Crippen LogP contribution in [0.1, 0.15) is 58.8 Å². The van der Waals surface area contributed by atoms with Gasteiger partial charge in [0.1, 0.15) is 0 Å². The smallest absolute Gasteiger partial charge is 0.155 e. The topological polar surface area (TPSA) is 29.5 Å². The van der Waals surface area contributed by atoms with Gasteiger partial charge in [-0.15, -0.1) is 0 Å². The molecule has 110 valence electrons. The largest absolute Gasteiger partial charge is 0.375 e. The first-order valence-corrected chi connectivity index (χ1v) is 7.73. The molecule has 1 saturated heterocycles. The van der Waals surface area contributed by atoms with Gasteiger partial charge in [0.2, 0.25) is 0 Å². The first kappa shape index (κ1) is 15.0. The third-order valence-electron chi connectivity index (χ3n) is 5.35. The van der Waals surface area contributed by atoms with Gasteiger partial charge in [-0.25, -0.2) is 0 Å². The Morgan fingerprint density at radius 1 is 1.21 bits per heavy atom. The molecule has 0 amide bonds. The second-order valence-electron chi connectivity index (χ2n) is 7.10. The van der Waals surface area contributed by atoms with Crippen LogP contribution >= 0.6 is 0 Å². The van der Waals surface area contributed by atoms with E-state index in [1.165, 1.54) is 19.3 Å². The van der Waals surface area contributed by atoms with Crippen LogP contribution in [0.4, 0.5) is 0 Å². The van der Waals surface area contributed by atoms with E-state index < -0.39 is 0 Å². The Morgan fingerprint density at radius 3 is 2.42 bits per heavy atom. The van der Waals surface area contributed by atoms with Crippen molar-refractivity contribution in [2.75, 3.05) is 20.7 Å². The van der Waals surface area contributed by atoms with E-state index in [9.17, 15) is 4.79 Å². The number of carbonyl (C=O) groups is 1. The van der Waals surface area contributed by atoms with Crippen molar-refractivity contribution >= 4 is 5.78 Å². The van der Waals surface area contributed by atoms with Gasteiger partial charge >= 0.3 is 0 Å². The van der Waals surface area contributed by atoms with Crippen molar-refractivity contribution < 1.29 is 9.53 Å². The predicted octanol–water partition coefficient (Wildman–Crippen LogP) is 3.03. The number of hydrogen-bond donors (Lipinski definition) is 0. The van der Waals surface area contributed by atoms with E-state index in [1.807, 2.05) is 32.8 Å². The summed E-state index contributed by atoms with van der Waals surface area (Å²) in [4.78, 5) is 14.8. The van der Waals surface area contributed by atoms with Gasteiger partial charge in [-0.05, 0) is 53.6 Å². The van der Waals surface area contributed by atoms with Gasteiger partial charge in [-0.1, -0.05) is 19.3 Å². The number of likely N-dealkylation sites (N-methyl/N-ethyl adjacent to an activating group) is 1. The third-order valence-corrected chi connectivity index (χ3v) is 5.35. The van der Waals surface area contributed by atoms with E-state index in [0.717, 1.165) is 32.3 Å². The number of Topliss-reactive ketones (excluding diaryl/α,β-unsaturated/α-hetero) is 1. The van der Waals surface area contributed by atoms with Crippen molar-refractivity contribution in [2.24, 2.45) is 5.92 Å². The molecule has 1 unspecified atom stereocenters. The zero-order valence-corrected chi connectivity index (χ0v) is 13.0. The second kappa shape index (κ2) is 5.53. The molecule has 2 aliphatic rings. The number of ketones is 1. The van der Waals surface area contributed by atoms with Crippen molar-refractivity contribution in [2.45, 2.75) is 69.9 Å². The summed E-state index contributed by atoms with van der Waals surface area (Å²) in [6.07, 6.45) is 8.00. The van der Waals surface area contributed by atoms with Gasteiger partial charge < -0.3 is 4.74 Å². The standard InChI is InChI=1S/C16H29NO2/c1-15(2,17(3)4)14(18)13-8-11-19-16(12-13)9-6-5-7-10-16/h13H,5-12H2,1-4H3. The highest BCUT2D eigenvalue weighted by Crippen LogP contribution is 2.42. The molecule has 0 N–H and O–H groups in total. The Morgan fingerprint density at radius 2 is 1.84 bits per heavy atom. The average Bonchev–Trinajstić information content (AvgIpc) is 2.38. The summed E-state index contributed by atoms with van der Waals surface area (Å²) < 4.78 is 6.09. The average molecular weight is 267 g/mol. The van der Waals surface area contributed by atoms with Crippen molar-refractivity contribution in [1.29, 1.82) is 0 Å². The van der Waals surface area contributed by atoms with E-state index in [0.29, 0.717) is 5.78 Å². The minimum atomic E-state index is -0.363. The lowest BCUT2D eigenvalue weighted by atomic mass is 9.72. The van der Waals surface area contributed by atoms with Gasteiger partial charge in [0.15, 0.2) is 5.78 Å². The molecule has 19 heavy (non-hydrogen) atoms. The fourth-order valence-electron chi connectivity index (χ4n) is 3.52. The molecule has 0 radical (unpaired) electrons. The Labute approximate surface area is 117 Å². The fourth-order valence-corrected chi connectivity index (χ4v) is 3.52. The van der Waals surface area contributed by atoms with Gasteiger partial charge in [0.05, 0.1) is 11.1 Å². The molecule has 1 spiro atoms. The third kappa shape index (κ3) is 3.03. The van der Waals surface area contributed by atoms with Crippen LogP contribution in [0.3, 0.4) is 0 Å². The van der Waals surface area contributed by atoms with E-state index in [1.54, 1.807) is 0 Å². The normalized spacial score (nSPS) is 27.7. The van der Waals surface area contributed by atoms with Gasteiger partial charge in [-0.3, -0.25) is 9.69 Å². The number of ether oxygens (including phenoxy) is 1. The monoisotopic (exact) mass is 267 g/mol. The van der Waals surface area contributed by atoms with Crippen LogP contribution < -0.4 is 0 Å². The summed E-state index contributed by atoms with van der Waals surface area (Å²) in [5.41, 5.74) is -0.336. The molecule has 2 rings (SSSR count). The molecule has 0 bridgehead atoms. The minimum Gasteiger partial charge on any atom is -0.375 e. The van der Waals surface area contributed by atoms with Crippen molar-refractivity contribution in [3.8, 4) is 0 Å². The molecule has 3 nitrogen and oxygen atoms in total. The lowest BCUT2D eigenvalue weighted by Crippen LogP contribution is -2.52. The lowest BCUT2D eigenvalue weighted by Gasteiger charge is -2.45. The molecule has 1 heterocycles. The summed E-state index contributed by atoms with van der Waals surface area (Å²) in [7, 11) is 3.99. The molecule has 2 fully saturated rings. The maximum Gasteiger partial charge on any atom is 0.155 e. The number of rotatable bonds is 3. The van der Waals surface area contributed by atoms with Gasteiger partial charge in [0.25, 0.3) is 0 Å². The summed E-state index contributed by atoms with van der Waals surface area (Å²) in [5, 5.41) is 0. The highest BCUT2D eigenvalue weighted by atomic mass is 16.5. The van der Waals surface area contributed by atoms with E-state index in [2.05, 4.69) is 0 Å². The molecule has 0 aromatic carbocycles. The van der Waals surface area contributed by atoms with E-state index in [4.69, 9.17) is 4.74 Å². The maximum absolute atomic E-state index is 12.8. The molecule has 0 aromatic rings. The predicted molar refractivity (Wildman–Crippen MR) is 77.3 cm³/mol. The summed E-state index contributed by atoms with van der Waals surface area (Å²) in [6.45, 7) is 4.84. The Balaban J connectivity index is 2.07. The highest BCUT2D eigenvalue weighted by Gasteiger charge is 2.44. The molecule has 1 aliphatic carbocycles. The van der Waals surface area contributed by atoms with Gasteiger partial charge in [0, 0.05) is 12.5 Å². The molecule has 0 aromatic heterocycles. The fraction of sp³-hybridized carbons (Fsp3) is 0.938. The van der Waals surface area contributed by atoms with Crippen LogP contribution in [0.15, 0.2) is 0 Å². The Hall–Kier alpha value is -0.410. The highest BCUT2D eigenvalue weighted by molar-refractivity contribution is 5.89. The first-order valence-electron chi connectivity index (χ1n) is 7.73. The van der Waals surface area contributed by atoms with Crippen LogP contribution in [0.2, 0.25) is 0 Å². The minimum absolute atomic E-state index is 0.0270. The summed E-state index contributed by atoms with van der Waals surface area (Å²) >= 11 is 0. The molecular weight excluding hydrogens is 238 g/mol. The van der Waals surface area contributed by atoms with Crippen LogP contribution in [0, 0.1) is 5.92 Å². The number of hydrogen-bond acceptors (Lipinski definition) is 3. The first-order chi connectivity index (χ1) is 8.87. The van der Waals surface area contributed by atoms with Crippen LogP contribution in [-0.4, -0.2) is 42.5 Å². The molecule has 1 atom stereocenters. The van der Waals surface area contributed by atoms with E-state index in [-0.39, 0.29) is 17.1 Å². The zero-order valence-electron chi connectivity index (χ0n) is 13.0. The maximum atomic E-state index is 12.8. The van der Waals surface area contributed by atoms with E-state index >= 15 is 0 Å². The zero-order chi connectivity index (χ0) is 14.1.